The third-order valence-corrected chi connectivity index (χ3v) is 4.69. The Morgan fingerprint density at radius 2 is 1.90 bits per heavy atom. The van der Waals surface area contributed by atoms with Crippen molar-refractivity contribution in [3.05, 3.63) is 34.6 Å². The van der Waals surface area contributed by atoms with Gasteiger partial charge in [-0.15, -0.1) is 0 Å². The zero-order valence-corrected chi connectivity index (χ0v) is 12.8. The van der Waals surface area contributed by atoms with E-state index in [9.17, 15) is 9.18 Å². The van der Waals surface area contributed by atoms with E-state index in [0.717, 1.165) is 32.6 Å². The lowest BCUT2D eigenvalue weighted by Gasteiger charge is -2.32. The summed E-state index contributed by atoms with van der Waals surface area (Å²) >= 11 is 5.83. The number of benzene rings is 1. The Hall–Kier alpha value is -1.13. The van der Waals surface area contributed by atoms with Crippen LogP contribution in [0.4, 0.5) is 4.39 Å². The van der Waals surface area contributed by atoms with Crippen LogP contribution in [0.2, 0.25) is 5.02 Å². The zero-order chi connectivity index (χ0) is 14.8. The van der Waals surface area contributed by atoms with Gasteiger partial charge in [0, 0.05) is 29.7 Å². The van der Waals surface area contributed by atoms with E-state index in [2.05, 4.69) is 4.90 Å². The predicted molar refractivity (Wildman–Crippen MR) is 81.1 cm³/mol. The fourth-order valence-corrected chi connectivity index (χ4v) is 3.59. The Morgan fingerprint density at radius 1 is 1.14 bits per heavy atom. The second-order valence-electron chi connectivity index (χ2n) is 5.95. The summed E-state index contributed by atoms with van der Waals surface area (Å²) in [6.07, 6.45) is 4.83. The highest BCUT2D eigenvalue weighted by Crippen LogP contribution is 2.23. The van der Waals surface area contributed by atoms with Crippen LogP contribution in [-0.2, 0) is 0 Å². The van der Waals surface area contributed by atoms with E-state index in [1.165, 1.54) is 31.4 Å². The summed E-state index contributed by atoms with van der Waals surface area (Å²) in [4.78, 5) is 16.8. The molecule has 2 aliphatic heterocycles. The van der Waals surface area contributed by atoms with E-state index >= 15 is 0 Å². The van der Waals surface area contributed by atoms with Gasteiger partial charge in [-0.2, -0.15) is 0 Å². The standard InChI is InChI=1S/C16H20ClFN2O/c17-13-8-12(9-14(18)10-13)16(21)20-7-4-15(11-20)19-5-2-1-3-6-19/h8-10,15H,1-7,11H2/t15-/m0/s1. The van der Waals surface area contributed by atoms with Crippen molar-refractivity contribution < 1.29 is 9.18 Å². The maximum Gasteiger partial charge on any atom is 0.254 e. The molecule has 1 atom stereocenters. The molecule has 5 heteroatoms. The SMILES string of the molecule is O=C(c1cc(F)cc(Cl)c1)N1CC[C@H](N2CCCCC2)C1. The van der Waals surface area contributed by atoms with E-state index in [4.69, 9.17) is 11.6 Å². The highest BCUT2D eigenvalue weighted by molar-refractivity contribution is 6.31. The summed E-state index contributed by atoms with van der Waals surface area (Å²) < 4.78 is 13.4. The van der Waals surface area contributed by atoms with Gasteiger partial charge in [-0.25, -0.2) is 4.39 Å². The van der Waals surface area contributed by atoms with Gasteiger partial charge in [0.25, 0.3) is 5.91 Å². The molecule has 21 heavy (non-hydrogen) atoms. The van der Waals surface area contributed by atoms with Gasteiger partial charge in [0.2, 0.25) is 0 Å². The highest BCUT2D eigenvalue weighted by atomic mass is 35.5. The molecular weight excluding hydrogens is 291 g/mol. The number of nitrogens with zero attached hydrogens (tertiary/aromatic N) is 2. The van der Waals surface area contributed by atoms with E-state index < -0.39 is 5.82 Å². The molecule has 3 rings (SSSR count). The number of piperidine rings is 1. The zero-order valence-electron chi connectivity index (χ0n) is 12.0. The van der Waals surface area contributed by atoms with E-state index in [-0.39, 0.29) is 10.9 Å². The first-order valence-corrected chi connectivity index (χ1v) is 8.01. The number of carbonyl (C=O) groups is 1. The van der Waals surface area contributed by atoms with Crippen LogP contribution in [0.3, 0.4) is 0 Å². The highest BCUT2D eigenvalue weighted by Gasteiger charge is 2.31. The summed E-state index contributed by atoms with van der Waals surface area (Å²) in [7, 11) is 0. The molecule has 1 amide bonds. The molecule has 1 aromatic carbocycles. The van der Waals surface area contributed by atoms with Crippen molar-refractivity contribution in [1.82, 2.24) is 9.80 Å². The molecule has 0 radical (unpaired) electrons. The average molecular weight is 311 g/mol. The lowest BCUT2D eigenvalue weighted by molar-refractivity contribution is 0.0771. The molecule has 0 aromatic heterocycles. The van der Waals surface area contributed by atoms with Gasteiger partial charge in [-0.1, -0.05) is 18.0 Å². The third kappa shape index (κ3) is 3.38. The molecule has 0 aliphatic carbocycles. The van der Waals surface area contributed by atoms with Crippen molar-refractivity contribution in [3.63, 3.8) is 0 Å². The molecule has 2 fully saturated rings. The van der Waals surface area contributed by atoms with E-state index in [0.29, 0.717) is 11.6 Å². The molecule has 2 aliphatic rings. The molecule has 0 spiro atoms. The Bertz CT molecular complexity index is 511. The van der Waals surface area contributed by atoms with Crippen LogP contribution in [0.5, 0.6) is 0 Å². The summed E-state index contributed by atoms with van der Waals surface area (Å²) in [6.45, 7) is 3.76. The lowest BCUT2D eigenvalue weighted by Crippen LogP contribution is -2.41. The van der Waals surface area contributed by atoms with Crippen LogP contribution < -0.4 is 0 Å². The first-order valence-electron chi connectivity index (χ1n) is 7.63. The molecule has 0 unspecified atom stereocenters. The second kappa shape index (κ2) is 6.32. The van der Waals surface area contributed by atoms with Gasteiger partial charge < -0.3 is 4.90 Å². The minimum atomic E-state index is -0.461. The molecule has 3 nitrogen and oxygen atoms in total. The quantitative estimate of drug-likeness (QED) is 0.837. The summed E-state index contributed by atoms with van der Waals surface area (Å²) in [5.41, 5.74) is 0.347. The Morgan fingerprint density at radius 3 is 2.62 bits per heavy atom. The van der Waals surface area contributed by atoms with Crippen molar-refractivity contribution in [2.45, 2.75) is 31.7 Å². The summed E-state index contributed by atoms with van der Waals surface area (Å²) in [5, 5.41) is 0.269. The van der Waals surface area contributed by atoms with Crippen molar-refractivity contribution in [2.75, 3.05) is 26.2 Å². The molecule has 2 saturated heterocycles. The largest absolute Gasteiger partial charge is 0.337 e. The topological polar surface area (TPSA) is 23.6 Å². The van der Waals surface area contributed by atoms with Crippen LogP contribution in [0.25, 0.3) is 0 Å². The first kappa shape index (κ1) is 14.8. The Balaban J connectivity index is 1.66. The number of hydrogen-bond donors (Lipinski definition) is 0. The fourth-order valence-electron chi connectivity index (χ4n) is 3.37. The maximum atomic E-state index is 13.4. The molecule has 0 bridgehead atoms. The number of hydrogen-bond acceptors (Lipinski definition) is 2. The van der Waals surface area contributed by atoms with Crippen molar-refractivity contribution in [2.24, 2.45) is 0 Å². The molecule has 1 aromatic rings. The van der Waals surface area contributed by atoms with Gasteiger partial charge in [0.05, 0.1) is 0 Å². The fraction of sp³-hybridized carbons (Fsp3) is 0.562. The predicted octanol–water partition coefficient (Wildman–Crippen LogP) is 3.18. The van der Waals surface area contributed by atoms with Gasteiger partial charge in [0.1, 0.15) is 5.82 Å². The van der Waals surface area contributed by atoms with Crippen molar-refractivity contribution in [1.29, 1.82) is 0 Å². The summed E-state index contributed by atoms with van der Waals surface area (Å²) in [5.74, 6) is -0.575. The third-order valence-electron chi connectivity index (χ3n) is 4.47. The molecule has 0 saturated carbocycles. The average Bonchev–Trinajstić information content (AvgIpc) is 2.96. The minimum Gasteiger partial charge on any atom is -0.337 e. The minimum absolute atomic E-state index is 0.115. The van der Waals surface area contributed by atoms with Gasteiger partial charge in [-0.05, 0) is 50.6 Å². The Kier molecular flexibility index (Phi) is 4.45. The van der Waals surface area contributed by atoms with Crippen molar-refractivity contribution in [3.8, 4) is 0 Å². The Labute approximate surface area is 129 Å². The number of carbonyl (C=O) groups excluding carboxylic acids is 1. The van der Waals surface area contributed by atoms with Crippen LogP contribution in [0.1, 0.15) is 36.0 Å². The second-order valence-corrected chi connectivity index (χ2v) is 6.38. The first-order chi connectivity index (χ1) is 10.1. The van der Waals surface area contributed by atoms with Crippen LogP contribution in [0.15, 0.2) is 18.2 Å². The van der Waals surface area contributed by atoms with Crippen LogP contribution >= 0.6 is 11.6 Å². The molecular formula is C16H20ClFN2O. The van der Waals surface area contributed by atoms with Crippen LogP contribution in [0, 0.1) is 5.82 Å². The molecule has 2 heterocycles. The van der Waals surface area contributed by atoms with Crippen molar-refractivity contribution >= 4 is 17.5 Å². The van der Waals surface area contributed by atoms with Crippen LogP contribution in [-0.4, -0.2) is 47.9 Å². The van der Waals surface area contributed by atoms with Gasteiger partial charge in [0.15, 0.2) is 0 Å². The van der Waals surface area contributed by atoms with Gasteiger partial charge in [-0.3, -0.25) is 9.69 Å². The smallest absolute Gasteiger partial charge is 0.254 e. The number of likely N-dealkylation sites (tertiary alicyclic amines) is 2. The van der Waals surface area contributed by atoms with E-state index in [1.807, 2.05) is 4.90 Å². The molecule has 0 N–H and O–H groups in total. The summed E-state index contributed by atoms with van der Waals surface area (Å²) in [6, 6.07) is 4.49. The number of amides is 1. The normalized spacial score (nSPS) is 23.5. The number of rotatable bonds is 2. The monoisotopic (exact) mass is 310 g/mol. The number of halogens is 2. The van der Waals surface area contributed by atoms with Gasteiger partial charge >= 0.3 is 0 Å². The molecule has 114 valence electrons. The maximum absolute atomic E-state index is 13.4. The lowest BCUT2D eigenvalue weighted by atomic mass is 10.1. The van der Waals surface area contributed by atoms with E-state index in [1.54, 1.807) is 6.07 Å².